The van der Waals surface area contributed by atoms with Crippen molar-refractivity contribution >= 4 is 21.5 Å². The van der Waals surface area contributed by atoms with Gasteiger partial charge in [-0.3, -0.25) is 0 Å². The molecule has 0 fully saturated rings. The zero-order valence-electron chi connectivity index (χ0n) is 11.0. The number of rotatable bonds is 1. The number of hydrogen-bond donors (Lipinski definition) is 0. The zero-order valence-corrected chi connectivity index (χ0v) is 11.0. The Bertz CT molecular complexity index is 889. The highest BCUT2D eigenvalue weighted by Gasteiger charge is 2.01. The molecule has 4 aromatic rings. The standard InChI is InChI=1S/C20H13/c1-2-6-15(7-3-1)18-10-11-19-12-16-8-4-5-9-17(16)13-20(19)14-18/h1-7,9-14H. The van der Waals surface area contributed by atoms with Crippen LogP contribution >= 0.6 is 0 Å². The fourth-order valence-corrected chi connectivity index (χ4v) is 2.68. The van der Waals surface area contributed by atoms with Crippen LogP contribution in [0.15, 0.2) is 78.9 Å². The minimum atomic E-state index is 1.17. The number of fused-ring (bicyclic) bond motifs is 2. The van der Waals surface area contributed by atoms with Crippen LogP contribution in [0.5, 0.6) is 0 Å². The Labute approximate surface area is 118 Å². The molecular formula is C20H13. The van der Waals surface area contributed by atoms with Crippen molar-refractivity contribution in [2.75, 3.05) is 0 Å². The van der Waals surface area contributed by atoms with E-state index < -0.39 is 0 Å². The van der Waals surface area contributed by atoms with Crippen LogP contribution in [0.1, 0.15) is 0 Å². The quantitative estimate of drug-likeness (QED) is 0.395. The van der Waals surface area contributed by atoms with Gasteiger partial charge in [-0.1, -0.05) is 60.7 Å². The van der Waals surface area contributed by atoms with E-state index in [1.165, 1.54) is 32.7 Å². The van der Waals surface area contributed by atoms with Crippen molar-refractivity contribution in [1.29, 1.82) is 0 Å². The molecule has 0 heterocycles. The Kier molecular flexibility index (Phi) is 2.53. The van der Waals surface area contributed by atoms with Gasteiger partial charge in [-0.15, -0.1) is 0 Å². The molecule has 0 saturated carbocycles. The Morgan fingerprint density at radius 2 is 1.45 bits per heavy atom. The maximum absolute atomic E-state index is 3.29. The lowest BCUT2D eigenvalue weighted by molar-refractivity contribution is 1.65. The van der Waals surface area contributed by atoms with Crippen molar-refractivity contribution in [3.63, 3.8) is 0 Å². The third-order valence-electron chi connectivity index (χ3n) is 3.73. The molecule has 4 aromatic carbocycles. The van der Waals surface area contributed by atoms with Gasteiger partial charge in [0, 0.05) is 0 Å². The smallest absolute Gasteiger partial charge is 0.00988 e. The number of hydrogen-bond acceptors (Lipinski definition) is 0. The molecule has 0 unspecified atom stereocenters. The fraction of sp³-hybridized carbons (Fsp3) is 0. The molecule has 0 heteroatoms. The van der Waals surface area contributed by atoms with Crippen LogP contribution in [0.3, 0.4) is 0 Å². The zero-order chi connectivity index (χ0) is 13.4. The molecule has 93 valence electrons. The molecule has 0 spiro atoms. The van der Waals surface area contributed by atoms with Crippen LogP contribution in [-0.4, -0.2) is 0 Å². The van der Waals surface area contributed by atoms with Gasteiger partial charge in [-0.25, -0.2) is 0 Å². The van der Waals surface area contributed by atoms with Gasteiger partial charge in [0.15, 0.2) is 0 Å². The van der Waals surface area contributed by atoms with E-state index in [1.54, 1.807) is 0 Å². The Hall–Kier alpha value is -2.60. The Morgan fingerprint density at radius 1 is 0.550 bits per heavy atom. The van der Waals surface area contributed by atoms with Crippen LogP contribution in [-0.2, 0) is 0 Å². The molecule has 1 radical (unpaired) electrons. The van der Waals surface area contributed by atoms with E-state index in [0.717, 1.165) is 0 Å². The molecule has 0 nitrogen and oxygen atoms in total. The lowest BCUT2D eigenvalue weighted by Gasteiger charge is -2.06. The van der Waals surface area contributed by atoms with E-state index in [9.17, 15) is 0 Å². The molecule has 0 atom stereocenters. The van der Waals surface area contributed by atoms with Crippen molar-refractivity contribution < 1.29 is 0 Å². The average molecular weight is 253 g/mol. The highest BCUT2D eigenvalue weighted by Crippen LogP contribution is 2.27. The second kappa shape index (κ2) is 4.50. The molecule has 0 amide bonds. The maximum atomic E-state index is 3.29. The van der Waals surface area contributed by atoms with Crippen molar-refractivity contribution in [1.82, 2.24) is 0 Å². The third kappa shape index (κ3) is 1.86. The van der Waals surface area contributed by atoms with E-state index in [-0.39, 0.29) is 0 Å². The topological polar surface area (TPSA) is 0 Å². The van der Waals surface area contributed by atoms with E-state index in [0.29, 0.717) is 0 Å². The molecule has 20 heavy (non-hydrogen) atoms. The van der Waals surface area contributed by atoms with Crippen LogP contribution in [0.4, 0.5) is 0 Å². The summed E-state index contributed by atoms with van der Waals surface area (Å²) in [5.74, 6) is 0. The highest BCUT2D eigenvalue weighted by molar-refractivity contribution is 5.99. The van der Waals surface area contributed by atoms with Gasteiger partial charge in [-0.2, -0.15) is 0 Å². The third-order valence-corrected chi connectivity index (χ3v) is 3.73. The maximum Gasteiger partial charge on any atom is -0.00988 e. The summed E-state index contributed by atoms with van der Waals surface area (Å²) in [5.41, 5.74) is 2.52. The first kappa shape index (κ1) is 11.2. The van der Waals surface area contributed by atoms with Gasteiger partial charge in [0.2, 0.25) is 0 Å². The highest BCUT2D eigenvalue weighted by atomic mass is 14.1. The van der Waals surface area contributed by atoms with Gasteiger partial charge in [0.25, 0.3) is 0 Å². The van der Waals surface area contributed by atoms with Gasteiger partial charge in [-0.05, 0) is 56.9 Å². The van der Waals surface area contributed by atoms with Crippen molar-refractivity contribution in [3.05, 3.63) is 84.9 Å². The molecule has 0 saturated heterocycles. The molecule has 0 aromatic heterocycles. The van der Waals surface area contributed by atoms with E-state index in [1.807, 2.05) is 18.2 Å². The monoisotopic (exact) mass is 253 g/mol. The van der Waals surface area contributed by atoms with Crippen LogP contribution in [0, 0.1) is 6.07 Å². The molecule has 0 aliphatic heterocycles. The predicted molar refractivity (Wildman–Crippen MR) is 85.7 cm³/mol. The Balaban J connectivity index is 1.97. The summed E-state index contributed by atoms with van der Waals surface area (Å²) < 4.78 is 0. The lowest BCUT2D eigenvalue weighted by Crippen LogP contribution is -1.80. The molecule has 4 rings (SSSR count). The van der Waals surface area contributed by atoms with Crippen molar-refractivity contribution in [2.45, 2.75) is 0 Å². The first-order chi connectivity index (χ1) is 9.90. The van der Waals surface area contributed by atoms with Crippen LogP contribution < -0.4 is 0 Å². The molecule has 0 N–H and O–H groups in total. The van der Waals surface area contributed by atoms with E-state index in [4.69, 9.17) is 0 Å². The van der Waals surface area contributed by atoms with Crippen LogP contribution in [0.25, 0.3) is 32.7 Å². The largest absolute Gasteiger partial charge is 0.0622 e. The normalized spacial score (nSPS) is 11.0. The van der Waals surface area contributed by atoms with Crippen molar-refractivity contribution in [2.24, 2.45) is 0 Å². The van der Waals surface area contributed by atoms with Gasteiger partial charge < -0.3 is 0 Å². The molecule has 0 aliphatic rings. The lowest BCUT2D eigenvalue weighted by atomic mass is 9.99. The molecule has 0 aliphatic carbocycles. The summed E-state index contributed by atoms with van der Waals surface area (Å²) in [6.07, 6.45) is 0. The van der Waals surface area contributed by atoms with Gasteiger partial charge in [0.1, 0.15) is 0 Å². The average Bonchev–Trinajstić information content (AvgIpc) is 2.53. The summed E-state index contributed by atoms with van der Waals surface area (Å²) in [4.78, 5) is 0. The number of benzene rings is 4. The summed E-state index contributed by atoms with van der Waals surface area (Å²) in [7, 11) is 0. The fourth-order valence-electron chi connectivity index (χ4n) is 2.68. The molecule has 0 bridgehead atoms. The van der Waals surface area contributed by atoms with Crippen molar-refractivity contribution in [3.8, 4) is 11.1 Å². The Morgan fingerprint density at radius 3 is 2.35 bits per heavy atom. The second-order valence-corrected chi connectivity index (χ2v) is 5.04. The minimum absolute atomic E-state index is 1.17. The van der Waals surface area contributed by atoms with Gasteiger partial charge >= 0.3 is 0 Å². The SMILES string of the molecule is [c]1cccc2cc3cc(-c4ccccc4)ccc3cc12. The summed E-state index contributed by atoms with van der Waals surface area (Å²) >= 11 is 0. The summed E-state index contributed by atoms with van der Waals surface area (Å²) in [6, 6.07) is 31.0. The van der Waals surface area contributed by atoms with E-state index >= 15 is 0 Å². The predicted octanol–water partition coefficient (Wildman–Crippen LogP) is 5.46. The molecular weight excluding hydrogens is 240 g/mol. The summed E-state index contributed by atoms with van der Waals surface area (Å²) in [6.45, 7) is 0. The first-order valence-electron chi connectivity index (χ1n) is 6.80. The second-order valence-electron chi connectivity index (χ2n) is 5.04. The van der Waals surface area contributed by atoms with Crippen LogP contribution in [0.2, 0.25) is 0 Å². The van der Waals surface area contributed by atoms with Gasteiger partial charge in [0.05, 0.1) is 0 Å². The van der Waals surface area contributed by atoms with E-state index in [2.05, 4.69) is 66.7 Å². The summed E-state index contributed by atoms with van der Waals surface area (Å²) in [5, 5.41) is 4.95. The minimum Gasteiger partial charge on any atom is -0.0622 e. The first-order valence-corrected chi connectivity index (χ1v) is 6.80.